The second-order valence-electron chi connectivity index (χ2n) is 5.70. The second-order valence-corrected chi connectivity index (χ2v) is 5.70. The number of hydrogen-bond donors (Lipinski definition) is 3. The van der Waals surface area contributed by atoms with Gasteiger partial charge in [-0.25, -0.2) is 0 Å². The van der Waals surface area contributed by atoms with Crippen molar-refractivity contribution in [3.8, 4) is 11.5 Å². The number of amides is 1. The molecule has 13 heteroatoms. The Balaban J connectivity index is -0.000000120. The molecule has 0 aliphatic rings. The molecule has 0 radical (unpaired) electrons. The predicted octanol–water partition coefficient (Wildman–Crippen LogP) is 2.62. The van der Waals surface area contributed by atoms with Crippen LogP contribution < -0.4 is 16.2 Å². The molecule has 0 saturated heterocycles. The van der Waals surface area contributed by atoms with Gasteiger partial charge in [0.2, 0.25) is 0 Å². The Kier molecular flexibility index (Phi) is 25.0. The topological polar surface area (TPSA) is 150 Å². The van der Waals surface area contributed by atoms with Crippen LogP contribution in [-0.4, -0.2) is 37.6 Å². The number of rotatable bonds is 3. The van der Waals surface area contributed by atoms with Gasteiger partial charge in [0, 0.05) is 11.5 Å². The van der Waals surface area contributed by atoms with Crippen molar-refractivity contribution in [1.82, 2.24) is 19.9 Å². The van der Waals surface area contributed by atoms with E-state index in [1.807, 2.05) is 19.1 Å². The van der Waals surface area contributed by atoms with Crippen LogP contribution >= 0.6 is 0 Å². The first-order valence-corrected chi connectivity index (χ1v) is 9.08. The molecule has 0 atom stereocenters. The molecule has 0 fully saturated rings. The first kappa shape index (κ1) is 39.0. The molecule has 4 aromatic heterocycles. The molecule has 0 aliphatic carbocycles. The van der Waals surface area contributed by atoms with Crippen LogP contribution in [0.5, 0.6) is 11.5 Å². The zero-order valence-corrected chi connectivity index (χ0v) is 45.8. The number of nitrogens with two attached hydrogens (primary N) is 2. The Labute approximate surface area is 194 Å². The summed E-state index contributed by atoms with van der Waals surface area (Å²) in [5.74, 6) is 0.246. The maximum Gasteiger partial charge on any atom is 0.253 e. The minimum Gasteiger partial charge on any atom is -0.566 e. The number of nitrogen functional groups attached to an aromatic ring is 1. The van der Waals surface area contributed by atoms with E-state index in [4.69, 9.17) is 21.3 Å². The molecule has 4 heterocycles. The molecule has 0 saturated carbocycles. The van der Waals surface area contributed by atoms with Crippen molar-refractivity contribution in [3.05, 3.63) is 104 Å². The third kappa shape index (κ3) is 22.0. The minimum atomic E-state index is -0.498. The first-order valence-electron chi connectivity index (χ1n) is 9.08. The fourth-order valence-electron chi connectivity index (χ4n) is 1.57. The number of ether oxygens (including phenoxy) is 1. The van der Waals surface area contributed by atoms with E-state index < -0.39 is 5.91 Å². The Morgan fingerprint density at radius 1 is 0.811 bits per heavy atom. The van der Waals surface area contributed by atoms with E-state index in [0.717, 1.165) is 0 Å². The molecule has 0 aliphatic heterocycles. The summed E-state index contributed by atoms with van der Waals surface area (Å²) in [5, 5.41) is 8.56. The summed E-state index contributed by atoms with van der Waals surface area (Å²) < 4.78 is 4.92. The van der Waals surface area contributed by atoms with Gasteiger partial charge in [-0.2, -0.15) is 17.7 Å². The summed E-state index contributed by atoms with van der Waals surface area (Å²) in [7, 11) is 0. The monoisotopic (exact) mass is 1510 g/mol. The quantitative estimate of drug-likeness (QED) is 0.266. The second kappa shape index (κ2) is 23.7. The Morgan fingerprint density at radius 2 is 1.30 bits per heavy atom. The Hall–Kier alpha value is -8.53. The fraction of sp³-hybridized carbons (Fsp3) is 0.125. The van der Waals surface area contributed by atoms with Gasteiger partial charge in [0.05, 0.1) is 0 Å². The van der Waals surface area contributed by atoms with Crippen molar-refractivity contribution in [1.29, 1.82) is 0 Å². The average molecular weight is 1510 g/mol. The van der Waals surface area contributed by atoms with E-state index in [-0.39, 0.29) is 19.8 Å². The minimum absolute atomic E-state index is 0. The van der Waals surface area contributed by atoms with E-state index in [2.05, 4.69) is 44.7 Å². The standard InChI is InChI=1S/C7H7N2O2.C6H6N.C5H5N2.C5H4NO.CH4.4Rf/c8-7(10)5-11-6-1-3-9-4-2-6;1-6-2-4-7-5-3-6;6-5-1-3-7-4-2-5;7-5-1-3-6-4-2-5;;;;;/h1-3H,5H2,(H2,8,10);2-4H,1H3;1-3H,(H2,6,7);1-3H,(H,6,7);1H4;;;;/q4*-1;;;;;. The van der Waals surface area contributed by atoms with Gasteiger partial charge in [-0.3, -0.25) is 4.79 Å². The van der Waals surface area contributed by atoms with Crippen LogP contribution in [0.15, 0.2) is 73.3 Å². The van der Waals surface area contributed by atoms with E-state index in [1.54, 1.807) is 30.6 Å². The molecule has 0 aromatic carbocycles. The number of aromatic hydroxyl groups is 1. The number of hydrogen-bond acceptors (Lipinski definition) is 8. The van der Waals surface area contributed by atoms with Crippen LogP contribution in [0.2, 0.25) is 0 Å². The van der Waals surface area contributed by atoms with Crippen molar-refractivity contribution in [3.63, 3.8) is 0 Å². The molecular formula is C24H26N6O3Rf4-4. The average Bonchev–Trinajstić information content (AvgIpc) is 2.81. The number of aryl methyl sites for hydroxylation is 1. The van der Waals surface area contributed by atoms with E-state index in [1.165, 1.54) is 36.2 Å². The third-order valence-corrected chi connectivity index (χ3v) is 3.01. The maximum atomic E-state index is 10.2. The van der Waals surface area contributed by atoms with Crippen molar-refractivity contribution in [2.45, 2.75) is 14.4 Å². The van der Waals surface area contributed by atoms with Crippen molar-refractivity contribution < 1.29 is 14.6 Å². The molecule has 0 spiro atoms. The van der Waals surface area contributed by atoms with Crippen LogP contribution in [0, 0.1) is 31.7 Å². The Bertz CT molecular complexity index is 905. The van der Waals surface area contributed by atoms with Crippen LogP contribution in [0.1, 0.15) is 13.0 Å². The molecule has 9 nitrogen and oxygen atoms in total. The fourth-order valence-corrected chi connectivity index (χ4v) is 1.57. The molecule has 0 unspecified atom stereocenters. The zero-order valence-electron chi connectivity index (χ0n) is 20.2. The summed E-state index contributed by atoms with van der Waals surface area (Å²) in [6.07, 6.45) is 16.7. The number of nitrogens with zero attached hydrogens (tertiary/aromatic N) is 4. The summed E-state index contributed by atoms with van der Waals surface area (Å²) in [4.78, 5) is 24.8. The number of primary amides is 1. The van der Waals surface area contributed by atoms with Gasteiger partial charge >= 0.3 is 0 Å². The third-order valence-electron chi connectivity index (χ3n) is 3.01. The number of carbonyl (C=O) groups is 1. The van der Waals surface area contributed by atoms with Gasteiger partial charge in [-0.05, 0) is 0 Å². The van der Waals surface area contributed by atoms with Crippen LogP contribution in [0.3, 0.4) is 0 Å². The van der Waals surface area contributed by atoms with E-state index in [0.29, 0.717) is 11.4 Å². The molecule has 4 aromatic rings. The summed E-state index contributed by atoms with van der Waals surface area (Å²) in [6, 6.07) is 13.2. The van der Waals surface area contributed by atoms with Crippen molar-refractivity contribution >= 4 is 11.6 Å². The van der Waals surface area contributed by atoms with Gasteiger partial charge in [-0.1, -0.05) is 69.6 Å². The summed E-state index contributed by atoms with van der Waals surface area (Å²) >= 11 is 0. The first-order chi connectivity index (χ1) is 15.5. The van der Waals surface area contributed by atoms with E-state index >= 15 is 0 Å². The maximum absolute atomic E-state index is 10.2. The van der Waals surface area contributed by atoms with Crippen LogP contribution in [0.4, 0.5) is 5.69 Å². The van der Waals surface area contributed by atoms with Gasteiger partial charge in [0.25, 0.3) is 5.91 Å². The smallest absolute Gasteiger partial charge is 0.253 e. The molecule has 4 rings (SSSR count). The molecule has 1 amide bonds. The summed E-state index contributed by atoms with van der Waals surface area (Å²) in [6.45, 7) is 1.90. The largest absolute Gasteiger partial charge is 0.566 e. The molecular weight excluding hydrogens is 1490 g/mol. The predicted molar refractivity (Wildman–Crippen MR) is 125 cm³/mol. The van der Waals surface area contributed by atoms with Gasteiger partial charge in [-0.15, -0.1) is 36.4 Å². The van der Waals surface area contributed by atoms with E-state index in [9.17, 15) is 4.79 Å². The van der Waals surface area contributed by atoms with Crippen LogP contribution in [0.25, 0.3) is 0 Å². The van der Waals surface area contributed by atoms with Gasteiger partial charge in [0.15, 0.2) is 0 Å². The number of anilines is 1. The molecule has 37 heavy (non-hydrogen) atoms. The number of pyridine rings is 4. The number of aromatic nitrogens is 4. The zero-order chi connectivity index (χ0) is 23.4. The van der Waals surface area contributed by atoms with Crippen molar-refractivity contribution in [2.75, 3.05) is 12.3 Å². The van der Waals surface area contributed by atoms with Crippen molar-refractivity contribution in [2.24, 2.45) is 5.73 Å². The number of carbonyl (C=O) groups excluding carboxylic acids is 1. The van der Waals surface area contributed by atoms with Gasteiger partial charge < -0.3 is 41.2 Å². The normalized spacial score (nSPS) is 7.59. The summed E-state index contributed by atoms with van der Waals surface area (Å²) in [5.41, 5.74) is 12.0. The Morgan fingerprint density at radius 3 is 1.54 bits per heavy atom. The molecule has 182 valence electrons. The van der Waals surface area contributed by atoms with Gasteiger partial charge in [0.1, 0.15) is 6.61 Å². The molecule has 0 bridgehead atoms. The molecule has 5 N–H and O–H groups in total. The van der Waals surface area contributed by atoms with Crippen LogP contribution in [-0.2, 0) is 4.79 Å². The SMILES string of the molecule is C.Cc1c[c-]ncc1.NC(=O)COc1c[c-]ncc1.Nc1c[c-]ncc1.Oc1c[c-]ncc1.[Rf].[Rf].[Rf].[Rf].